The average Bonchev–Trinajstić information content (AvgIpc) is 3.44. The predicted molar refractivity (Wildman–Crippen MR) is 117 cm³/mol. The summed E-state index contributed by atoms with van der Waals surface area (Å²) in [6.45, 7) is 5.18. The summed E-state index contributed by atoms with van der Waals surface area (Å²) in [5.74, 6) is 2.91. The molecule has 1 fully saturated rings. The van der Waals surface area contributed by atoms with E-state index < -0.39 is 0 Å². The Balaban J connectivity index is 1.63. The van der Waals surface area contributed by atoms with Gasteiger partial charge >= 0.3 is 0 Å². The molecule has 9 heteroatoms. The number of nitrogens with one attached hydrogen (secondary N) is 1. The maximum Gasteiger partial charge on any atom is 0.179 e. The maximum atomic E-state index is 6.11. The largest absolute Gasteiger partial charge is 0.491 e. The van der Waals surface area contributed by atoms with E-state index >= 15 is 0 Å². The predicted octanol–water partition coefficient (Wildman–Crippen LogP) is 2.67. The Labute approximate surface area is 181 Å². The van der Waals surface area contributed by atoms with Crippen molar-refractivity contribution in [1.82, 2.24) is 19.5 Å². The normalized spacial score (nSPS) is 16.0. The highest BCUT2D eigenvalue weighted by Crippen LogP contribution is 2.30. The molecule has 0 radical (unpaired) electrons. The SMILES string of the molecule is CCc1nc(NCCOC)c2c(ccn2Cc2cc(OC3CCOC3)c(OC)cn2)n1. The second-order valence-electron chi connectivity index (χ2n) is 7.37. The van der Waals surface area contributed by atoms with Crippen molar-refractivity contribution >= 4 is 16.9 Å². The number of rotatable bonds is 10. The molecule has 166 valence electrons. The molecule has 1 aliphatic rings. The van der Waals surface area contributed by atoms with E-state index in [-0.39, 0.29) is 6.10 Å². The summed E-state index contributed by atoms with van der Waals surface area (Å²) < 4.78 is 24.2. The van der Waals surface area contributed by atoms with Gasteiger partial charge in [0, 0.05) is 38.8 Å². The molecule has 0 amide bonds. The highest BCUT2D eigenvalue weighted by Gasteiger charge is 2.20. The zero-order valence-corrected chi connectivity index (χ0v) is 18.3. The average molecular weight is 428 g/mol. The Morgan fingerprint density at radius 3 is 2.90 bits per heavy atom. The van der Waals surface area contributed by atoms with E-state index in [4.69, 9.17) is 23.9 Å². The Morgan fingerprint density at radius 2 is 2.16 bits per heavy atom. The van der Waals surface area contributed by atoms with Crippen molar-refractivity contribution in [2.45, 2.75) is 32.4 Å². The van der Waals surface area contributed by atoms with E-state index in [1.165, 1.54) is 0 Å². The van der Waals surface area contributed by atoms with Crippen molar-refractivity contribution in [1.29, 1.82) is 0 Å². The number of anilines is 1. The first-order valence-corrected chi connectivity index (χ1v) is 10.6. The molecule has 0 bridgehead atoms. The molecule has 1 aliphatic heterocycles. The molecular weight excluding hydrogens is 398 g/mol. The summed E-state index contributed by atoms with van der Waals surface area (Å²) in [6.07, 6.45) is 5.39. The van der Waals surface area contributed by atoms with E-state index in [0.717, 1.165) is 47.8 Å². The standard InChI is InChI=1S/C22H29N5O4/c1-4-20-25-17-5-8-27(21(17)22(26-20)23-7-10-28-2)13-15-11-18(19(29-3)12-24-15)31-16-6-9-30-14-16/h5,8,11-12,16H,4,6-7,9-10,13-14H2,1-3H3,(H,23,25,26). The molecule has 1 N–H and O–H groups in total. The summed E-state index contributed by atoms with van der Waals surface area (Å²) >= 11 is 0. The van der Waals surface area contributed by atoms with E-state index in [1.54, 1.807) is 20.4 Å². The van der Waals surface area contributed by atoms with Crippen molar-refractivity contribution < 1.29 is 18.9 Å². The second kappa shape index (κ2) is 9.93. The van der Waals surface area contributed by atoms with Crippen LogP contribution in [-0.2, 0) is 22.4 Å². The van der Waals surface area contributed by atoms with Gasteiger partial charge in [0.15, 0.2) is 17.3 Å². The van der Waals surface area contributed by atoms with Gasteiger partial charge in [0.1, 0.15) is 17.4 Å². The number of aromatic nitrogens is 4. The number of hydrogen-bond acceptors (Lipinski definition) is 8. The van der Waals surface area contributed by atoms with Crippen molar-refractivity contribution in [3.8, 4) is 11.5 Å². The summed E-state index contributed by atoms with van der Waals surface area (Å²) in [5, 5.41) is 3.38. The number of pyridine rings is 1. The number of nitrogens with zero attached hydrogens (tertiary/aromatic N) is 4. The topological polar surface area (TPSA) is 92.6 Å². The quantitative estimate of drug-likeness (QED) is 0.494. The van der Waals surface area contributed by atoms with Crippen LogP contribution in [0.4, 0.5) is 5.82 Å². The van der Waals surface area contributed by atoms with Crippen LogP contribution in [0.5, 0.6) is 11.5 Å². The summed E-state index contributed by atoms with van der Waals surface area (Å²) in [7, 11) is 3.30. The van der Waals surface area contributed by atoms with Crippen LogP contribution in [0.2, 0.25) is 0 Å². The number of hydrogen-bond donors (Lipinski definition) is 1. The van der Waals surface area contributed by atoms with Crippen molar-refractivity contribution in [3.05, 3.63) is 36.0 Å². The molecule has 3 aromatic rings. The maximum absolute atomic E-state index is 6.11. The monoisotopic (exact) mass is 427 g/mol. The molecule has 9 nitrogen and oxygen atoms in total. The molecule has 3 aromatic heterocycles. The zero-order chi connectivity index (χ0) is 21.6. The van der Waals surface area contributed by atoms with E-state index in [0.29, 0.717) is 37.8 Å². The molecular formula is C22H29N5O4. The minimum absolute atomic E-state index is 0.0361. The van der Waals surface area contributed by atoms with Crippen LogP contribution in [-0.4, -0.2) is 66.2 Å². The lowest BCUT2D eigenvalue weighted by molar-refractivity contribution is 0.138. The van der Waals surface area contributed by atoms with Gasteiger partial charge in [-0.15, -0.1) is 0 Å². The third-order valence-electron chi connectivity index (χ3n) is 5.19. The molecule has 0 spiro atoms. The van der Waals surface area contributed by atoms with Crippen LogP contribution in [0.15, 0.2) is 24.5 Å². The Hall–Kier alpha value is -2.91. The fourth-order valence-corrected chi connectivity index (χ4v) is 3.60. The number of methoxy groups -OCH3 is 2. The van der Waals surface area contributed by atoms with Gasteiger partial charge in [-0.2, -0.15) is 0 Å². The van der Waals surface area contributed by atoms with Gasteiger partial charge in [0.05, 0.1) is 50.9 Å². The molecule has 1 unspecified atom stereocenters. The summed E-state index contributed by atoms with van der Waals surface area (Å²) in [5.41, 5.74) is 2.70. The molecule has 1 atom stereocenters. The van der Waals surface area contributed by atoms with Gasteiger partial charge in [0.2, 0.25) is 0 Å². The first-order chi connectivity index (χ1) is 15.2. The smallest absolute Gasteiger partial charge is 0.179 e. The second-order valence-corrected chi connectivity index (χ2v) is 7.37. The van der Waals surface area contributed by atoms with Gasteiger partial charge in [-0.3, -0.25) is 4.98 Å². The van der Waals surface area contributed by atoms with Crippen LogP contribution < -0.4 is 14.8 Å². The minimum Gasteiger partial charge on any atom is -0.491 e. The van der Waals surface area contributed by atoms with Crippen LogP contribution in [0, 0.1) is 0 Å². The van der Waals surface area contributed by atoms with Crippen molar-refractivity contribution in [2.24, 2.45) is 0 Å². The summed E-state index contributed by atoms with van der Waals surface area (Å²) in [4.78, 5) is 13.9. The van der Waals surface area contributed by atoms with E-state index in [9.17, 15) is 0 Å². The molecule has 31 heavy (non-hydrogen) atoms. The number of aryl methyl sites for hydroxylation is 1. The molecule has 4 rings (SSSR count). The Kier molecular flexibility index (Phi) is 6.83. The first kappa shape index (κ1) is 21.3. The van der Waals surface area contributed by atoms with Crippen molar-refractivity contribution in [2.75, 3.05) is 45.9 Å². The molecule has 0 aliphatic carbocycles. The zero-order valence-electron chi connectivity index (χ0n) is 18.3. The molecule has 4 heterocycles. The molecule has 0 saturated carbocycles. The Morgan fingerprint density at radius 1 is 1.26 bits per heavy atom. The number of fused-ring (bicyclic) bond motifs is 1. The van der Waals surface area contributed by atoms with Crippen molar-refractivity contribution in [3.63, 3.8) is 0 Å². The van der Waals surface area contributed by atoms with Crippen LogP contribution in [0.3, 0.4) is 0 Å². The van der Waals surface area contributed by atoms with Crippen LogP contribution in [0.1, 0.15) is 24.9 Å². The summed E-state index contributed by atoms with van der Waals surface area (Å²) in [6, 6.07) is 3.94. The first-order valence-electron chi connectivity index (χ1n) is 10.6. The molecule has 1 saturated heterocycles. The fourth-order valence-electron chi connectivity index (χ4n) is 3.60. The van der Waals surface area contributed by atoms with E-state index in [2.05, 4.69) is 26.8 Å². The lowest BCUT2D eigenvalue weighted by atomic mass is 10.3. The van der Waals surface area contributed by atoms with Gasteiger partial charge < -0.3 is 28.8 Å². The minimum atomic E-state index is 0.0361. The highest BCUT2D eigenvalue weighted by atomic mass is 16.6. The fraction of sp³-hybridized carbons (Fsp3) is 0.500. The van der Waals surface area contributed by atoms with Gasteiger partial charge in [0.25, 0.3) is 0 Å². The van der Waals surface area contributed by atoms with Crippen LogP contribution in [0.25, 0.3) is 11.0 Å². The lowest BCUT2D eigenvalue weighted by Gasteiger charge is -2.16. The van der Waals surface area contributed by atoms with Gasteiger partial charge in [-0.05, 0) is 6.07 Å². The van der Waals surface area contributed by atoms with Gasteiger partial charge in [-0.1, -0.05) is 6.92 Å². The van der Waals surface area contributed by atoms with Crippen LogP contribution >= 0.6 is 0 Å². The van der Waals surface area contributed by atoms with Gasteiger partial charge in [-0.25, -0.2) is 9.97 Å². The number of ether oxygens (including phenoxy) is 4. The Bertz CT molecular complexity index is 1020. The third-order valence-corrected chi connectivity index (χ3v) is 5.19. The third kappa shape index (κ3) is 4.88. The highest BCUT2D eigenvalue weighted by molar-refractivity contribution is 5.86. The lowest BCUT2D eigenvalue weighted by Crippen LogP contribution is -2.16. The van der Waals surface area contributed by atoms with E-state index in [1.807, 2.05) is 18.3 Å². The molecule has 0 aromatic carbocycles.